The average Bonchev–Trinajstić information content (AvgIpc) is 2.73. The third kappa shape index (κ3) is 8.76. The summed E-state index contributed by atoms with van der Waals surface area (Å²) in [4.78, 5) is 0. The summed E-state index contributed by atoms with van der Waals surface area (Å²) in [5, 5.41) is 3.80. The molecule has 1 aromatic carbocycles. The van der Waals surface area contributed by atoms with Crippen molar-refractivity contribution in [2.75, 3.05) is 39.8 Å². The molecule has 3 fully saturated rings. The molecule has 3 aliphatic rings. The fourth-order valence-corrected chi connectivity index (χ4v) is 2.47. The smallest absolute Gasteiger partial charge is 0.307 e. The number of hydrogen-bond donors (Lipinski definition) is 3. The summed E-state index contributed by atoms with van der Waals surface area (Å²) >= 11 is 1.36. The fourth-order valence-electron chi connectivity index (χ4n) is 2.24. The minimum Gasteiger partial charge on any atom is -0.368 e. The highest BCUT2D eigenvalue weighted by Gasteiger charge is 2.50. The number of hydrazine groups is 1. The molecule has 0 unspecified atom stereocenters. The summed E-state index contributed by atoms with van der Waals surface area (Å²) in [6, 6.07) is 10.0. The quantitative estimate of drug-likeness (QED) is 0.178. The monoisotopic (exact) mass is 533 g/mol. The van der Waals surface area contributed by atoms with Crippen LogP contribution in [-0.2, 0) is 25.6 Å². The lowest BCUT2D eigenvalue weighted by Crippen LogP contribution is -2.60. The lowest BCUT2D eigenvalue weighted by molar-refractivity contribution is -0.474. The Hall–Kier alpha value is -0.700. The molecule has 3 heterocycles. The van der Waals surface area contributed by atoms with Gasteiger partial charge >= 0.3 is 5.97 Å². The van der Waals surface area contributed by atoms with Crippen LogP contribution in [0.1, 0.15) is 13.9 Å². The van der Waals surface area contributed by atoms with Gasteiger partial charge in [-0.15, -0.1) is 24.0 Å². The second kappa shape index (κ2) is 14.3. The maximum absolute atomic E-state index is 9.96. The zero-order valence-corrected chi connectivity index (χ0v) is 19.2. The van der Waals surface area contributed by atoms with Gasteiger partial charge in [0.1, 0.15) is 6.61 Å². The molecular formula is C17H30FIN4O4S. The maximum Gasteiger partial charge on any atom is 0.307 e. The van der Waals surface area contributed by atoms with Crippen molar-refractivity contribution >= 4 is 40.9 Å². The van der Waals surface area contributed by atoms with E-state index in [1.165, 1.54) is 11.8 Å². The number of halogens is 2. The van der Waals surface area contributed by atoms with Crippen molar-refractivity contribution in [1.29, 1.82) is 0 Å². The highest BCUT2D eigenvalue weighted by Crippen LogP contribution is 2.38. The second-order valence-electron chi connectivity index (χ2n) is 6.12. The topological polar surface area (TPSA) is 113 Å². The number of rotatable bonds is 4. The Morgan fingerprint density at radius 3 is 2.25 bits per heavy atom. The maximum atomic E-state index is 9.96. The molecule has 1 aromatic rings. The number of alkyl halides is 1. The molecule has 4 rings (SSSR count). The van der Waals surface area contributed by atoms with Crippen LogP contribution in [0.4, 0.5) is 4.39 Å². The summed E-state index contributed by atoms with van der Waals surface area (Å²) < 4.78 is 38.0. The summed E-state index contributed by atoms with van der Waals surface area (Å²) in [6.45, 7) is 4.94. The third-order valence-electron chi connectivity index (χ3n) is 3.75. The molecule has 2 bridgehead atoms. The van der Waals surface area contributed by atoms with Crippen molar-refractivity contribution in [2.24, 2.45) is 22.2 Å². The molecule has 3 aliphatic heterocycles. The van der Waals surface area contributed by atoms with Gasteiger partial charge in [0.05, 0.1) is 35.0 Å². The Kier molecular flexibility index (Phi) is 12.9. The highest BCUT2D eigenvalue weighted by molar-refractivity contribution is 14.0. The van der Waals surface area contributed by atoms with Gasteiger partial charge in [-0.25, -0.2) is 5.84 Å². The lowest BCUT2D eigenvalue weighted by Gasteiger charge is -2.50. The normalized spacial score (nSPS) is 25.9. The van der Waals surface area contributed by atoms with E-state index in [2.05, 4.69) is 17.5 Å². The number of hydrazone groups is 1. The number of ether oxygens (including phenoxy) is 4. The van der Waals surface area contributed by atoms with Gasteiger partial charge in [0, 0.05) is 5.41 Å². The molecule has 28 heavy (non-hydrogen) atoms. The van der Waals surface area contributed by atoms with Crippen LogP contribution in [0.5, 0.6) is 0 Å². The number of nitrogens with one attached hydrogen (secondary N) is 1. The van der Waals surface area contributed by atoms with Crippen LogP contribution < -0.4 is 17.1 Å². The first-order valence-electron chi connectivity index (χ1n) is 8.84. The number of benzene rings is 1. The van der Waals surface area contributed by atoms with E-state index < -0.39 is 13.1 Å². The average molecular weight is 533 g/mol. The van der Waals surface area contributed by atoms with Gasteiger partial charge in [-0.3, -0.25) is 4.39 Å². The molecule has 8 nitrogen and oxygen atoms in total. The first-order valence-corrected chi connectivity index (χ1v) is 9.36. The predicted molar refractivity (Wildman–Crippen MR) is 120 cm³/mol. The summed E-state index contributed by atoms with van der Waals surface area (Å²) in [5.74, 6) is 8.75. The molecule has 0 atom stereocenters. The predicted octanol–water partition coefficient (Wildman–Crippen LogP) is 2.19. The molecule has 11 heteroatoms. The molecule has 0 saturated carbocycles. The summed E-state index contributed by atoms with van der Waals surface area (Å²) in [6.07, 6.45) is 1.82. The number of fused-ring (bicyclic) bond motifs is 3. The summed E-state index contributed by atoms with van der Waals surface area (Å²) in [5.41, 5.74) is 3.42. The molecule has 0 radical (unpaired) electrons. The van der Waals surface area contributed by atoms with Crippen molar-refractivity contribution in [2.45, 2.75) is 19.5 Å². The molecule has 0 aromatic heterocycles. The molecule has 0 amide bonds. The fraction of sp³-hybridized carbons (Fsp3) is 0.588. The Labute approximate surface area is 188 Å². The Morgan fingerprint density at radius 1 is 1.32 bits per heavy atom. The minimum atomic E-state index is -1.00. The first-order chi connectivity index (χ1) is 13.5. The molecule has 5 N–H and O–H groups in total. The van der Waals surface area contributed by atoms with E-state index in [1.54, 1.807) is 0 Å². The third-order valence-corrected chi connectivity index (χ3v) is 4.36. The summed E-state index contributed by atoms with van der Waals surface area (Å²) in [7, 11) is -1.00. The van der Waals surface area contributed by atoms with E-state index in [-0.39, 0.29) is 29.4 Å². The Morgan fingerprint density at radius 2 is 1.86 bits per heavy atom. The molecular weight excluding hydrogens is 502 g/mol. The standard InChI is InChI=1S/C14H18O4.C2H8N4S.CH3F.HI/c1-13-8-16-14(17-9-13,18-10-13)11-15-7-12-5-3-2-4-6-12;1-7-2(5-3)6-4;1-2;/h2-6H,7-11H2,1H3;3-4H2,1H3,(H,5,6);1H3;1H/i;;1D;. The zero-order chi connectivity index (χ0) is 20.9. The van der Waals surface area contributed by atoms with E-state index in [4.69, 9.17) is 32.0 Å². The number of hydrogen-bond acceptors (Lipinski definition) is 8. The molecule has 3 saturated heterocycles. The van der Waals surface area contributed by atoms with E-state index in [9.17, 15) is 4.39 Å². The SMILES string of the molecule is CC12COC(COCc3ccccc3)(OC1)OC2.CS/C(=N\N)NN.I.[2H]CF. The number of amidine groups is 1. The van der Waals surface area contributed by atoms with Crippen LogP contribution >= 0.6 is 35.7 Å². The van der Waals surface area contributed by atoms with Crippen LogP contribution in [-0.4, -0.2) is 51.0 Å². The van der Waals surface area contributed by atoms with E-state index in [0.717, 1.165) is 5.56 Å². The molecule has 0 aliphatic carbocycles. The van der Waals surface area contributed by atoms with Crippen LogP contribution in [0.25, 0.3) is 0 Å². The van der Waals surface area contributed by atoms with Gasteiger partial charge in [0.25, 0.3) is 0 Å². The zero-order valence-electron chi connectivity index (χ0n) is 17.1. The first kappa shape index (κ1) is 25.3. The van der Waals surface area contributed by atoms with Gasteiger partial charge in [-0.1, -0.05) is 49.0 Å². The van der Waals surface area contributed by atoms with Gasteiger partial charge in [0.15, 0.2) is 5.17 Å². The lowest BCUT2D eigenvalue weighted by atomic mass is 9.92. The van der Waals surface area contributed by atoms with Gasteiger partial charge < -0.3 is 30.2 Å². The van der Waals surface area contributed by atoms with Crippen molar-refractivity contribution in [1.82, 2.24) is 5.43 Å². The largest absolute Gasteiger partial charge is 0.368 e. The van der Waals surface area contributed by atoms with E-state index in [0.29, 0.717) is 38.2 Å². The highest BCUT2D eigenvalue weighted by atomic mass is 127. The number of nitrogens with zero attached hydrogens (tertiary/aromatic N) is 1. The van der Waals surface area contributed by atoms with E-state index in [1.807, 2.05) is 36.6 Å². The Balaban J connectivity index is 0.000000607. The number of nitrogens with two attached hydrogens (primary N) is 2. The molecule has 0 spiro atoms. The van der Waals surface area contributed by atoms with Crippen molar-refractivity contribution in [3.8, 4) is 0 Å². The minimum absolute atomic E-state index is 0. The van der Waals surface area contributed by atoms with E-state index >= 15 is 0 Å². The van der Waals surface area contributed by atoms with Crippen LogP contribution in [0.2, 0.25) is 0 Å². The van der Waals surface area contributed by atoms with Crippen LogP contribution in [0, 0.1) is 5.41 Å². The molecule has 162 valence electrons. The van der Waals surface area contributed by atoms with Crippen molar-refractivity contribution < 1.29 is 24.7 Å². The Bertz CT molecular complexity index is 561. The van der Waals surface area contributed by atoms with Gasteiger partial charge in [0.2, 0.25) is 0 Å². The van der Waals surface area contributed by atoms with Crippen molar-refractivity contribution in [3.05, 3.63) is 35.9 Å². The van der Waals surface area contributed by atoms with Gasteiger partial charge in [-0.2, -0.15) is 5.10 Å². The van der Waals surface area contributed by atoms with Crippen molar-refractivity contribution in [3.63, 3.8) is 0 Å². The second-order valence-corrected chi connectivity index (χ2v) is 6.92. The van der Waals surface area contributed by atoms with Gasteiger partial charge in [-0.05, 0) is 11.8 Å². The number of thioether (sulfide) groups is 1. The van der Waals surface area contributed by atoms with Crippen LogP contribution in [0.15, 0.2) is 35.4 Å². The van der Waals surface area contributed by atoms with Crippen LogP contribution in [0.3, 0.4) is 0 Å².